The van der Waals surface area contributed by atoms with E-state index >= 15 is 0 Å². The summed E-state index contributed by atoms with van der Waals surface area (Å²) in [5.41, 5.74) is -0.668. The van der Waals surface area contributed by atoms with E-state index in [0.717, 1.165) is 32.1 Å². The number of hydrogen-bond acceptors (Lipinski definition) is 2. The first-order chi connectivity index (χ1) is 8.09. The van der Waals surface area contributed by atoms with Crippen molar-refractivity contribution in [1.82, 2.24) is 10.2 Å². The fraction of sp³-hybridized carbons (Fsp3) is 0.692. The first-order valence-corrected chi connectivity index (χ1v) is 6.17. The molecule has 0 bridgehead atoms. The van der Waals surface area contributed by atoms with Crippen molar-refractivity contribution in [2.24, 2.45) is 0 Å². The molecule has 1 atom stereocenters. The van der Waals surface area contributed by atoms with Gasteiger partial charge < -0.3 is 10.2 Å². The monoisotopic (exact) mass is 234 g/mol. The summed E-state index contributed by atoms with van der Waals surface area (Å²) in [5.74, 6) is 2.45. The summed E-state index contributed by atoms with van der Waals surface area (Å²) in [4.78, 5) is 25.7. The summed E-state index contributed by atoms with van der Waals surface area (Å²) in [6.07, 6.45) is 9.95. The lowest BCUT2D eigenvalue weighted by atomic mass is 9.79. The molecular weight excluding hydrogens is 216 g/mol. The summed E-state index contributed by atoms with van der Waals surface area (Å²) in [7, 11) is 0. The highest BCUT2D eigenvalue weighted by molar-refractivity contribution is 5.98. The molecule has 92 valence electrons. The van der Waals surface area contributed by atoms with E-state index in [-0.39, 0.29) is 24.4 Å². The smallest absolute Gasteiger partial charge is 0.249 e. The molecule has 1 saturated heterocycles. The summed E-state index contributed by atoms with van der Waals surface area (Å²) in [6.45, 7) is 1.87. The van der Waals surface area contributed by atoms with E-state index in [9.17, 15) is 9.59 Å². The van der Waals surface area contributed by atoms with Crippen molar-refractivity contribution in [3.63, 3.8) is 0 Å². The van der Waals surface area contributed by atoms with Gasteiger partial charge in [-0.2, -0.15) is 0 Å². The van der Waals surface area contributed by atoms with Gasteiger partial charge in [0.25, 0.3) is 0 Å². The Balaban J connectivity index is 2.25. The fourth-order valence-electron chi connectivity index (χ4n) is 2.76. The number of piperazine rings is 1. The van der Waals surface area contributed by atoms with Crippen LogP contribution in [0.1, 0.15) is 39.0 Å². The maximum atomic E-state index is 12.5. The molecule has 2 rings (SSSR count). The minimum Gasteiger partial charge on any atom is -0.340 e. The van der Waals surface area contributed by atoms with E-state index in [1.807, 2.05) is 0 Å². The molecule has 1 saturated carbocycles. The normalized spacial score (nSPS) is 25.3. The average Bonchev–Trinajstić information content (AvgIpc) is 2.34. The van der Waals surface area contributed by atoms with Crippen LogP contribution in [0.15, 0.2) is 0 Å². The van der Waals surface area contributed by atoms with E-state index in [1.54, 1.807) is 6.92 Å². The molecule has 1 heterocycles. The SMILES string of the molecule is C#CC(C)N1CC(=O)NC2(CCCCC2)C1=O. The molecule has 17 heavy (non-hydrogen) atoms. The third-order valence-electron chi connectivity index (χ3n) is 3.78. The van der Waals surface area contributed by atoms with E-state index in [0.29, 0.717) is 0 Å². The van der Waals surface area contributed by atoms with Gasteiger partial charge in [-0.3, -0.25) is 9.59 Å². The summed E-state index contributed by atoms with van der Waals surface area (Å²) < 4.78 is 0. The van der Waals surface area contributed by atoms with Crippen LogP contribution in [0, 0.1) is 12.3 Å². The topological polar surface area (TPSA) is 49.4 Å². The third-order valence-corrected chi connectivity index (χ3v) is 3.78. The number of terminal acetylenes is 1. The molecule has 0 radical (unpaired) electrons. The van der Waals surface area contributed by atoms with Gasteiger partial charge in [-0.1, -0.05) is 25.2 Å². The Bertz CT molecular complexity index is 377. The Morgan fingerprint density at radius 3 is 2.59 bits per heavy atom. The van der Waals surface area contributed by atoms with Gasteiger partial charge in [-0.25, -0.2) is 0 Å². The first-order valence-electron chi connectivity index (χ1n) is 6.17. The van der Waals surface area contributed by atoms with Crippen molar-refractivity contribution < 1.29 is 9.59 Å². The third kappa shape index (κ3) is 2.02. The summed E-state index contributed by atoms with van der Waals surface area (Å²) in [6, 6.07) is -0.313. The van der Waals surface area contributed by atoms with Crippen LogP contribution in [0.2, 0.25) is 0 Å². The van der Waals surface area contributed by atoms with Gasteiger partial charge in [0.1, 0.15) is 12.1 Å². The van der Waals surface area contributed by atoms with Gasteiger partial charge in [0.15, 0.2) is 0 Å². The van der Waals surface area contributed by atoms with Crippen LogP contribution in [0.25, 0.3) is 0 Å². The zero-order valence-corrected chi connectivity index (χ0v) is 10.2. The van der Waals surface area contributed by atoms with Crippen LogP contribution < -0.4 is 5.32 Å². The largest absolute Gasteiger partial charge is 0.340 e. The van der Waals surface area contributed by atoms with Gasteiger partial charge in [0, 0.05) is 0 Å². The maximum Gasteiger partial charge on any atom is 0.249 e. The molecule has 0 aromatic rings. The second-order valence-corrected chi connectivity index (χ2v) is 4.97. The standard InChI is InChI=1S/C13H18N2O2/c1-3-10(2)15-9-11(16)14-13(12(15)17)7-5-4-6-8-13/h1,10H,4-9H2,2H3,(H,14,16). The van der Waals surface area contributed by atoms with Crippen LogP contribution in [0.3, 0.4) is 0 Å². The Morgan fingerprint density at radius 2 is 2.00 bits per heavy atom. The highest BCUT2D eigenvalue weighted by atomic mass is 16.2. The fourth-order valence-corrected chi connectivity index (χ4v) is 2.76. The number of hydrogen-bond donors (Lipinski definition) is 1. The van der Waals surface area contributed by atoms with Gasteiger partial charge in [0.2, 0.25) is 11.8 Å². The lowest BCUT2D eigenvalue weighted by Gasteiger charge is -2.45. The quantitative estimate of drug-likeness (QED) is 0.678. The summed E-state index contributed by atoms with van der Waals surface area (Å²) >= 11 is 0. The molecule has 4 nitrogen and oxygen atoms in total. The van der Waals surface area contributed by atoms with Crippen LogP contribution in [0.5, 0.6) is 0 Å². The molecule has 0 aromatic heterocycles. The second kappa shape index (κ2) is 4.40. The van der Waals surface area contributed by atoms with Crippen LogP contribution in [-0.2, 0) is 9.59 Å². The van der Waals surface area contributed by atoms with Gasteiger partial charge >= 0.3 is 0 Å². The molecule has 1 spiro atoms. The van der Waals surface area contributed by atoms with Crippen molar-refractivity contribution in [2.75, 3.05) is 6.54 Å². The van der Waals surface area contributed by atoms with E-state index in [2.05, 4.69) is 11.2 Å². The van der Waals surface area contributed by atoms with Crippen molar-refractivity contribution in [3.8, 4) is 12.3 Å². The lowest BCUT2D eigenvalue weighted by Crippen LogP contribution is -2.68. The zero-order chi connectivity index (χ0) is 12.5. The number of rotatable bonds is 1. The second-order valence-electron chi connectivity index (χ2n) is 4.97. The molecule has 2 aliphatic rings. The molecule has 2 fully saturated rings. The maximum absolute atomic E-state index is 12.5. The Kier molecular flexibility index (Phi) is 3.10. The van der Waals surface area contributed by atoms with E-state index in [1.165, 1.54) is 4.90 Å². The Hall–Kier alpha value is -1.50. The van der Waals surface area contributed by atoms with E-state index < -0.39 is 5.54 Å². The highest BCUT2D eigenvalue weighted by Gasteiger charge is 2.47. The Labute approximate surface area is 102 Å². The molecule has 0 aromatic carbocycles. The lowest BCUT2D eigenvalue weighted by molar-refractivity contribution is -0.152. The molecule has 1 aliphatic heterocycles. The minimum atomic E-state index is -0.668. The zero-order valence-electron chi connectivity index (χ0n) is 10.2. The summed E-state index contributed by atoms with van der Waals surface area (Å²) in [5, 5.41) is 2.89. The van der Waals surface area contributed by atoms with Crippen molar-refractivity contribution in [3.05, 3.63) is 0 Å². The minimum absolute atomic E-state index is 0.00208. The molecule has 1 unspecified atom stereocenters. The van der Waals surface area contributed by atoms with Crippen molar-refractivity contribution in [2.45, 2.75) is 50.6 Å². The predicted molar refractivity (Wildman–Crippen MR) is 64.0 cm³/mol. The number of amides is 2. The number of nitrogens with zero attached hydrogens (tertiary/aromatic N) is 1. The van der Waals surface area contributed by atoms with Crippen molar-refractivity contribution >= 4 is 11.8 Å². The molecule has 2 amide bonds. The highest BCUT2D eigenvalue weighted by Crippen LogP contribution is 2.32. The van der Waals surface area contributed by atoms with E-state index in [4.69, 9.17) is 6.42 Å². The predicted octanol–water partition coefficient (Wildman–Crippen LogP) is 0.669. The molecule has 1 aliphatic carbocycles. The number of carbonyl (C=O) groups excluding carboxylic acids is 2. The van der Waals surface area contributed by atoms with Gasteiger partial charge in [-0.15, -0.1) is 6.42 Å². The van der Waals surface area contributed by atoms with Crippen LogP contribution in [0.4, 0.5) is 0 Å². The van der Waals surface area contributed by atoms with Crippen LogP contribution in [-0.4, -0.2) is 34.8 Å². The average molecular weight is 234 g/mol. The molecule has 4 heteroatoms. The van der Waals surface area contributed by atoms with Crippen molar-refractivity contribution in [1.29, 1.82) is 0 Å². The van der Waals surface area contributed by atoms with Crippen LogP contribution >= 0.6 is 0 Å². The number of nitrogens with one attached hydrogen (secondary N) is 1. The first kappa shape index (κ1) is 12.0. The Morgan fingerprint density at radius 1 is 1.35 bits per heavy atom. The number of carbonyl (C=O) groups is 2. The molecule has 1 N–H and O–H groups in total. The molecular formula is C13H18N2O2. The van der Waals surface area contributed by atoms with Gasteiger partial charge in [-0.05, 0) is 19.8 Å². The van der Waals surface area contributed by atoms with Gasteiger partial charge in [0.05, 0.1) is 6.04 Å².